The van der Waals surface area contributed by atoms with Gasteiger partial charge in [0.2, 0.25) is 11.6 Å². The number of methoxy groups -OCH3 is 5. The Balaban J connectivity index is 1.88. The first-order valence-electron chi connectivity index (χ1n) is 20.4. The largest absolute Gasteiger partial charge is 0.492 e. The number of nitrogens with one attached hydrogen (secondary N) is 1. The highest BCUT2D eigenvalue weighted by molar-refractivity contribution is 6.23. The van der Waals surface area contributed by atoms with Crippen molar-refractivity contribution < 1.29 is 66.7 Å². The fourth-order valence-corrected chi connectivity index (χ4v) is 7.78. The Morgan fingerprint density at radius 1 is 0.730 bits per heavy atom. The molecule has 16 heteroatoms. The van der Waals surface area contributed by atoms with E-state index in [4.69, 9.17) is 43.6 Å². The minimum atomic E-state index is -1.24. The summed E-state index contributed by atoms with van der Waals surface area (Å²) in [5.74, 6) is -4.83. The summed E-state index contributed by atoms with van der Waals surface area (Å²) in [5, 5.41) is 2.55. The number of hydrogen-bond donors (Lipinski definition) is 2. The van der Waals surface area contributed by atoms with Crippen molar-refractivity contribution >= 4 is 35.5 Å². The molecule has 1 aliphatic heterocycles. The highest BCUT2D eigenvalue weighted by atomic mass is 16.6. The Labute approximate surface area is 367 Å². The summed E-state index contributed by atoms with van der Waals surface area (Å²) in [4.78, 5) is 81.5. The molecule has 0 spiro atoms. The Kier molecular flexibility index (Phi) is 18.5. The van der Waals surface area contributed by atoms with Crippen LogP contribution in [0.2, 0.25) is 0 Å². The van der Waals surface area contributed by atoms with Crippen LogP contribution >= 0.6 is 0 Å². The lowest BCUT2D eigenvalue weighted by atomic mass is 9.85. The van der Waals surface area contributed by atoms with Gasteiger partial charge in [-0.1, -0.05) is 80.6 Å². The Morgan fingerprint density at radius 2 is 1.29 bits per heavy atom. The van der Waals surface area contributed by atoms with Gasteiger partial charge in [-0.25, -0.2) is 14.4 Å². The van der Waals surface area contributed by atoms with Gasteiger partial charge in [0.15, 0.2) is 24.1 Å². The summed E-state index contributed by atoms with van der Waals surface area (Å²) in [6.07, 6.45) is -4.70. The first kappa shape index (κ1) is 49.7. The van der Waals surface area contributed by atoms with Crippen LogP contribution in [0.25, 0.3) is 0 Å². The van der Waals surface area contributed by atoms with Crippen LogP contribution < -0.4 is 11.1 Å². The van der Waals surface area contributed by atoms with Gasteiger partial charge in [0.25, 0.3) is 5.91 Å². The van der Waals surface area contributed by atoms with E-state index in [1.807, 2.05) is 6.92 Å². The van der Waals surface area contributed by atoms with Crippen molar-refractivity contribution in [2.45, 2.75) is 89.7 Å². The molecular weight excluding hydrogens is 817 g/mol. The molecule has 0 aromatic heterocycles. The molecule has 16 nitrogen and oxygen atoms in total. The molecule has 2 bridgehead atoms. The highest BCUT2D eigenvalue weighted by Gasteiger charge is 2.38. The molecule has 3 N–H and O–H groups in total. The van der Waals surface area contributed by atoms with E-state index in [9.17, 15) is 28.8 Å². The molecule has 0 unspecified atom stereocenters. The maximum atomic E-state index is 14.1. The predicted octanol–water partition coefficient (Wildman–Crippen LogP) is 5.48. The van der Waals surface area contributed by atoms with Crippen LogP contribution in [0.15, 0.2) is 107 Å². The Hall–Kier alpha value is -5.94. The summed E-state index contributed by atoms with van der Waals surface area (Å²) in [7, 11) is 6.81. The summed E-state index contributed by atoms with van der Waals surface area (Å²) in [5.41, 5.74) is 6.81. The quantitative estimate of drug-likeness (QED) is 0.117. The van der Waals surface area contributed by atoms with Crippen molar-refractivity contribution in [2.24, 2.45) is 17.6 Å². The van der Waals surface area contributed by atoms with Crippen molar-refractivity contribution in [1.29, 1.82) is 0 Å². The number of rotatable bonds is 12. The molecule has 2 aromatic carbocycles. The average molecular weight is 875 g/mol. The van der Waals surface area contributed by atoms with E-state index in [0.717, 1.165) is 6.08 Å². The number of benzene rings is 2. The van der Waals surface area contributed by atoms with Crippen molar-refractivity contribution in [3.8, 4) is 0 Å². The van der Waals surface area contributed by atoms with E-state index in [1.165, 1.54) is 48.5 Å². The second kappa shape index (κ2) is 23.5. The molecule has 63 heavy (non-hydrogen) atoms. The molecule has 2 aliphatic rings. The van der Waals surface area contributed by atoms with E-state index < -0.39 is 90.1 Å². The van der Waals surface area contributed by atoms with Crippen molar-refractivity contribution in [3.63, 3.8) is 0 Å². The summed E-state index contributed by atoms with van der Waals surface area (Å²) in [6, 6.07) is 17.4. The monoisotopic (exact) mass is 874 g/mol. The van der Waals surface area contributed by atoms with Crippen LogP contribution in [0.3, 0.4) is 0 Å². The van der Waals surface area contributed by atoms with Crippen LogP contribution in [0.1, 0.15) is 70.3 Å². The van der Waals surface area contributed by atoms with Crippen LogP contribution in [0.5, 0.6) is 0 Å². The first-order valence-corrected chi connectivity index (χ1v) is 20.4. The topological polar surface area (TPSA) is 214 Å². The van der Waals surface area contributed by atoms with Crippen LogP contribution in [-0.4, -0.2) is 102 Å². The summed E-state index contributed by atoms with van der Waals surface area (Å²) in [6.45, 7) is 6.71. The first-order chi connectivity index (χ1) is 30.1. The van der Waals surface area contributed by atoms with Gasteiger partial charge in [-0.3, -0.25) is 14.4 Å². The number of ether oxygens (including phenoxy) is 8. The third kappa shape index (κ3) is 13.0. The van der Waals surface area contributed by atoms with E-state index in [-0.39, 0.29) is 41.9 Å². The average Bonchev–Trinajstić information content (AvgIpc) is 3.25. The lowest BCUT2D eigenvalue weighted by Gasteiger charge is -2.33. The number of fused-ring (bicyclic) bond motifs is 2. The zero-order valence-electron chi connectivity index (χ0n) is 37.1. The number of amides is 2. The zero-order valence-corrected chi connectivity index (χ0v) is 37.1. The summed E-state index contributed by atoms with van der Waals surface area (Å²) < 4.78 is 46.4. The minimum Gasteiger partial charge on any atom is -0.492 e. The molecule has 1 aliphatic carbocycles. The second-order valence-corrected chi connectivity index (χ2v) is 15.5. The molecule has 0 saturated heterocycles. The Morgan fingerprint density at radius 3 is 1.79 bits per heavy atom. The van der Waals surface area contributed by atoms with Gasteiger partial charge in [-0.05, 0) is 55.4 Å². The molecule has 340 valence electrons. The lowest BCUT2D eigenvalue weighted by Crippen LogP contribution is -2.41. The second-order valence-electron chi connectivity index (χ2n) is 15.5. The summed E-state index contributed by atoms with van der Waals surface area (Å²) >= 11 is 0. The van der Waals surface area contributed by atoms with E-state index >= 15 is 0 Å². The van der Waals surface area contributed by atoms with Crippen LogP contribution in [0, 0.1) is 11.8 Å². The third-order valence-corrected chi connectivity index (χ3v) is 10.9. The predicted molar refractivity (Wildman–Crippen MR) is 228 cm³/mol. The number of carbonyl (C=O) groups is 6. The van der Waals surface area contributed by atoms with E-state index in [1.54, 1.807) is 80.6 Å². The molecule has 0 radical (unpaired) electrons. The molecule has 2 aromatic rings. The maximum Gasteiger partial charge on any atom is 0.405 e. The van der Waals surface area contributed by atoms with Gasteiger partial charge < -0.3 is 48.9 Å². The number of hydrogen-bond acceptors (Lipinski definition) is 14. The Bertz CT molecular complexity index is 2080. The molecule has 2 amide bonds. The van der Waals surface area contributed by atoms with E-state index in [0.29, 0.717) is 16.7 Å². The van der Waals surface area contributed by atoms with E-state index in [2.05, 4.69) is 5.32 Å². The minimum absolute atomic E-state index is 0.00227. The molecule has 1 heterocycles. The number of Topliss-reactive ketones (excluding diaryl/α,β-unsaturated/α-hetero) is 1. The number of nitrogens with two attached hydrogens (primary N) is 1. The number of primary amides is 1. The smallest absolute Gasteiger partial charge is 0.405 e. The molecular formula is C47H58N2O14. The molecule has 0 fully saturated rings. The maximum absolute atomic E-state index is 14.1. The van der Waals surface area contributed by atoms with Gasteiger partial charge in [0, 0.05) is 58.0 Å². The molecule has 9 atom stereocenters. The third-order valence-electron chi connectivity index (χ3n) is 10.9. The van der Waals surface area contributed by atoms with Crippen molar-refractivity contribution in [2.75, 3.05) is 35.5 Å². The van der Waals surface area contributed by atoms with Gasteiger partial charge in [-0.15, -0.1) is 0 Å². The van der Waals surface area contributed by atoms with Crippen LogP contribution in [0.4, 0.5) is 4.79 Å². The number of esters is 2. The van der Waals surface area contributed by atoms with Gasteiger partial charge >= 0.3 is 18.0 Å². The molecule has 0 saturated carbocycles. The van der Waals surface area contributed by atoms with Gasteiger partial charge in [0.1, 0.15) is 18.3 Å². The van der Waals surface area contributed by atoms with Crippen LogP contribution in [-0.2, 0) is 61.9 Å². The van der Waals surface area contributed by atoms with Crippen molar-refractivity contribution in [3.05, 3.63) is 118 Å². The van der Waals surface area contributed by atoms with Gasteiger partial charge in [-0.2, -0.15) is 0 Å². The lowest BCUT2D eigenvalue weighted by molar-refractivity contribution is -0.172. The zero-order chi connectivity index (χ0) is 46.4. The molecule has 4 rings (SSSR count). The van der Waals surface area contributed by atoms with Crippen molar-refractivity contribution in [1.82, 2.24) is 5.32 Å². The normalized spacial score (nSPS) is 26.7. The highest BCUT2D eigenvalue weighted by Crippen LogP contribution is 2.32. The number of allylic oxidation sites excluding steroid dienone is 2. The standard InChI is InChI=1S/C47H58N2O14/c1-26-20-33-38(51)34(25-35(50)43(33)60-9)49-44(52)29(4)23-32(61-45(53)41(58-7)30-16-12-10-13-17-30)24-37(57-6)40(63-47(48)55)28(3)22-27(2)39(36(21-26)56-5)62-46(54)42(59-8)31-18-14-11-15-19-31/h10-19,22-23,25-27,32,36-37,39-42H,20-21,24H2,1-9H3,(H2,48,55)(H,49,52)/b28-22+,29-23+/t26-,27+,32-,36+,37+,39-,40+,41-,42-/m1/s1. The number of ketones is 2. The number of carbonyl (C=O) groups excluding carboxylic acids is 6. The fraction of sp³-hybridized carbons (Fsp3) is 0.447. The SMILES string of the molecule is COC1=C2C[C@@H](C)C[C@H](OC)[C@H](OC(=O)[C@H](OC)c3ccccc3)[C@@H](C)/C=C(\C)[C@H](OC(N)=O)[C@@H](OC)C[C@H](OC(=O)[C@H](OC)c3ccccc3)/C=C(\C)C(=O)NC(=CC1=O)C2=O. The fourth-order valence-electron chi connectivity index (χ4n) is 7.78. The van der Waals surface area contributed by atoms with Gasteiger partial charge in [0.05, 0.1) is 18.9 Å².